The molecule has 1 heterocycles. The molecular weight excluding hydrogens is 503 g/mol. The van der Waals surface area contributed by atoms with Crippen molar-refractivity contribution in [3.63, 3.8) is 0 Å². The van der Waals surface area contributed by atoms with E-state index >= 15 is 0 Å². The van der Waals surface area contributed by atoms with Crippen LogP contribution in [-0.2, 0) is 24.3 Å². The lowest BCUT2D eigenvalue weighted by Gasteiger charge is -2.29. The Hall–Kier alpha value is -2.29. The first-order chi connectivity index (χ1) is 14.7. The van der Waals surface area contributed by atoms with Crippen molar-refractivity contribution < 1.29 is 9.53 Å². The number of ether oxygens (including phenoxy) is 1. The summed E-state index contributed by atoms with van der Waals surface area (Å²) >= 11 is 0. The lowest BCUT2D eigenvalue weighted by atomic mass is 9.99. The summed E-state index contributed by atoms with van der Waals surface area (Å²) in [6, 6.07) is 16.4. The molecule has 1 amide bonds. The molecule has 2 aromatic carbocycles. The number of nitrogens with one attached hydrogen (secondary N) is 2. The number of guanidine groups is 1. The maximum Gasteiger partial charge on any atom is 0.222 e. The zero-order chi connectivity index (χ0) is 21.2. The molecule has 168 valence electrons. The second kappa shape index (κ2) is 13.2. The van der Waals surface area contributed by atoms with E-state index in [0.717, 1.165) is 43.2 Å². The van der Waals surface area contributed by atoms with Crippen molar-refractivity contribution >= 4 is 35.8 Å². The Morgan fingerprint density at radius 2 is 1.84 bits per heavy atom. The summed E-state index contributed by atoms with van der Waals surface area (Å²) in [5, 5.41) is 6.60. The highest BCUT2D eigenvalue weighted by Gasteiger charge is 2.19. The normalized spacial score (nSPS) is 13.1. The fraction of sp³-hybridized carbons (Fsp3) is 0.417. The van der Waals surface area contributed by atoms with Crippen molar-refractivity contribution in [2.75, 3.05) is 26.7 Å². The van der Waals surface area contributed by atoms with E-state index in [9.17, 15) is 4.79 Å². The lowest BCUT2D eigenvalue weighted by Crippen LogP contribution is -2.38. The third-order valence-corrected chi connectivity index (χ3v) is 5.29. The second-order valence-corrected chi connectivity index (χ2v) is 7.33. The monoisotopic (exact) mass is 536 g/mol. The summed E-state index contributed by atoms with van der Waals surface area (Å²) in [4.78, 5) is 18.8. The minimum Gasteiger partial charge on any atom is -0.494 e. The fourth-order valence-corrected chi connectivity index (χ4v) is 3.66. The molecule has 0 radical (unpaired) electrons. The van der Waals surface area contributed by atoms with E-state index in [0.29, 0.717) is 26.1 Å². The molecule has 0 saturated carbocycles. The van der Waals surface area contributed by atoms with E-state index in [1.165, 1.54) is 11.1 Å². The van der Waals surface area contributed by atoms with Crippen LogP contribution in [0.25, 0.3) is 0 Å². The first kappa shape index (κ1) is 25.0. The van der Waals surface area contributed by atoms with Gasteiger partial charge in [0.1, 0.15) is 5.75 Å². The molecule has 0 aromatic heterocycles. The first-order valence-corrected chi connectivity index (χ1v) is 10.7. The predicted molar refractivity (Wildman–Crippen MR) is 136 cm³/mol. The highest BCUT2D eigenvalue weighted by Crippen LogP contribution is 2.19. The van der Waals surface area contributed by atoms with Crippen molar-refractivity contribution in [3.05, 3.63) is 65.2 Å². The minimum absolute atomic E-state index is 0. The van der Waals surface area contributed by atoms with Crippen LogP contribution in [0.2, 0.25) is 0 Å². The van der Waals surface area contributed by atoms with Crippen LogP contribution in [0.4, 0.5) is 0 Å². The SMILES string of the molecule is CCOc1ccccc1CNC(=NC)NCCCC(=O)N1CCc2ccccc2C1.I. The van der Waals surface area contributed by atoms with Gasteiger partial charge in [0.2, 0.25) is 5.91 Å². The van der Waals surface area contributed by atoms with Crippen LogP contribution in [0.15, 0.2) is 53.5 Å². The average Bonchev–Trinajstić information content (AvgIpc) is 2.79. The fourth-order valence-electron chi connectivity index (χ4n) is 3.66. The van der Waals surface area contributed by atoms with Crippen LogP contribution in [0.1, 0.15) is 36.5 Å². The van der Waals surface area contributed by atoms with Crippen LogP contribution in [-0.4, -0.2) is 43.5 Å². The standard InChI is InChI=1S/C24H32N4O2.HI/c1-3-30-22-12-7-6-10-20(22)17-27-24(25-2)26-15-8-13-23(29)28-16-14-19-9-4-5-11-21(19)18-28;/h4-7,9-12H,3,8,13-18H2,1-2H3,(H2,25,26,27);1H. The number of nitrogens with zero attached hydrogens (tertiary/aromatic N) is 2. The summed E-state index contributed by atoms with van der Waals surface area (Å²) in [6.45, 7) is 5.48. The Kier molecular flexibility index (Phi) is 10.6. The van der Waals surface area contributed by atoms with Gasteiger partial charge in [-0.25, -0.2) is 0 Å². The number of carbonyl (C=O) groups is 1. The smallest absolute Gasteiger partial charge is 0.222 e. The summed E-state index contributed by atoms with van der Waals surface area (Å²) in [5.41, 5.74) is 3.72. The van der Waals surface area contributed by atoms with E-state index in [4.69, 9.17) is 4.74 Å². The largest absolute Gasteiger partial charge is 0.494 e. The van der Waals surface area contributed by atoms with Gasteiger partial charge in [-0.15, -0.1) is 24.0 Å². The van der Waals surface area contributed by atoms with Gasteiger partial charge in [0.15, 0.2) is 5.96 Å². The van der Waals surface area contributed by atoms with Crippen LogP contribution >= 0.6 is 24.0 Å². The first-order valence-electron chi connectivity index (χ1n) is 10.7. The van der Waals surface area contributed by atoms with Gasteiger partial charge in [0.25, 0.3) is 0 Å². The Bertz CT molecular complexity index is 872. The lowest BCUT2D eigenvalue weighted by molar-refractivity contribution is -0.132. The number of fused-ring (bicyclic) bond motifs is 1. The molecule has 2 aromatic rings. The molecule has 0 unspecified atom stereocenters. The van der Waals surface area contributed by atoms with Crippen LogP contribution in [0.5, 0.6) is 5.75 Å². The zero-order valence-electron chi connectivity index (χ0n) is 18.4. The Morgan fingerprint density at radius 1 is 1.10 bits per heavy atom. The van der Waals surface area contributed by atoms with Crippen LogP contribution in [0.3, 0.4) is 0 Å². The maximum absolute atomic E-state index is 12.6. The molecule has 1 aliphatic heterocycles. The molecule has 0 bridgehead atoms. The molecule has 0 saturated heterocycles. The van der Waals surface area contributed by atoms with Gasteiger partial charge in [-0.05, 0) is 37.0 Å². The number of aliphatic imine (C=N–C) groups is 1. The molecule has 0 spiro atoms. The summed E-state index contributed by atoms with van der Waals surface area (Å²) in [7, 11) is 1.75. The van der Waals surface area contributed by atoms with Gasteiger partial charge in [-0.2, -0.15) is 0 Å². The summed E-state index contributed by atoms with van der Waals surface area (Å²) in [6.07, 6.45) is 2.26. The van der Waals surface area contributed by atoms with Crippen molar-refractivity contribution in [2.45, 2.75) is 39.3 Å². The molecule has 0 aliphatic carbocycles. The molecule has 0 fully saturated rings. The van der Waals surface area contributed by atoms with Gasteiger partial charge in [0, 0.05) is 45.2 Å². The molecule has 2 N–H and O–H groups in total. The van der Waals surface area contributed by atoms with E-state index in [1.54, 1.807) is 7.05 Å². The maximum atomic E-state index is 12.6. The third kappa shape index (κ3) is 7.41. The molecule has 3 rings (SSSR count). The summed E-state index contributed by atoms with van der Waals surface area (Å²) < 4.78 is 5.67. The number of para-hydroxylation sites is 1. The Labute approximate surface area is 202 Å². The molecular formula is C24H33IN4O2. The van der Waals surface area contributed by atoms with Gasteiger partial charge >= 0.3 is 0 Å². The average molecular weight is 536 g/mol. The molecule has 31 heavy (non-hydrogen) atoms. The number of amides is 1. The second-order valence-electron chi connectivity index (χ2n) is 7.33. The number of hydrogen-bond acceptors (Lipinski definition) is 3. The number of halogens is 1. The Morgan fingerprint density at radius 3 is 2.61 bits per heavy atom. The number of hydrogen-bond donors (Lipinski definition) is 2. The van der Waals surface area contributed by atoms with Crippen LogP contribution < -0.4 is 15.4 Å². The molecule has 6 nitrogen and oxygen atoms in total. The number of rotatable bonds is 8. The van der Waals surface area contributed by atoms with Crippen molar-refractivity contribution in [2.24, 2.45) is 4.99 Å². The topological polar surface area (TPSA) is 66.0 Å². The van der Waals surface area contributed by atoms with E-state index in [-0.39, 0.29) is 29.9 Å². The van der Waals surface area contributed by atoms with Crippen molar-refractivity contribution in [1.29, 1.82) is 0 Å². The number of benzene rings is 2. The van der Waals surface area contributed by atoms with Crippen molar-refractivity contribution in [1.82, 2.24) is 15.5 Å². The van der Waals surface area contributed by atoms with E-state index < -0.39 is 0 Å². The molecule has 1 aliphatic rings. The zero-order valence-corrected chi connectivity index (χ0v) is 20.7. The van der Waals surface area contributed by atoms with Gasteiger partial charge < -0.3 is 20.3 Å². The van der Waals surface area contributed by atoms with Crippen molar-refractivity contribution in [3.8, 4) is 5.75 Å². The van der Waals surface area contributed by atoms with E-state index in [1.807, 2.05) is 42.2 Å². The Balaban J connectivity index is 0.00000341. The minimum atomic E-state index is 0. The van der Waals surface area contributed by atoms with Crippen LogP contribution in [0, 0.1) is 0 Å². The van der Waals surface area contributed by atoms with Gasteiger partial charge in [0.05, 0.1) is 6.61 Å². The quantitative estimate of drug-likeness (QED) is 0.234. The molecule has 0 atom stereocenters. The number of carbonyl (C=O) groups excluding carboxylic acids is 1. The highest BCUT2D eigenvalue weighted by atomic mass is 127. The summed E-state index contributed by atoms with van der Waals surface area (Å²) in [5.74, 6) is 1.83. The highest BCUT2D eigenvalue weighted by molar-refractivity contribution is 14.0. The van der Waals surface area contributed by atoms with Gasteiger partial charge in [-0.3, -0.25) is 9.79 Å². The van der Waals surface area contributed by atoms with E-state index in [2.05, 4.69) is 33.8 Å². The van der Waals surface area contributed by atoms with Gasteiger partial charge in [-0.1, -0.05) is 42.5 Å². The molecule has 7 heteroatoms. The predicted octanol–water partition coefficient (Wildman–Crippen LogP) is 3.73. The third-order valence-electron chi connectivity index (χ3n) is 5.29.